The van der Waals surface area contributed by atoms with Crippen LogP contribution in [0.4, 0.5) is 0 Å². The fourth-order valence-corrected chi connectivity index (χ4v) is 2.42. The summed E-state index contributed by atoms with van der Waals surface area (Å²) < 4.78 is 38.6. The molecule has 0 aromatic heterocycles. The van der Waals surface area contributed by atoms with Gasteiger partial charge in [-0.3, -0.25) is 13.9 Å². The molecule has 9 heteroatoms. The highest BCUT2D eigenvalue weighted by molar-refractivity contribution is 7.61. The Morgan fingerprint density at radius 3 is 2.08 bits per heavy atom. The van der Waals surface area contributed by atoms with Gasteiger partial charge < -0.3 is 4.52 Å². The second-order valence-corrected chi connectivity index (χ2v) is 5.06. The first kappa shape index (κ1) is 12.8. The molecule has 7 nitrogen and oxygen atoms in total. The minimum atomic E-state index is -4.48. The Morgan fingerprint density at radius 2 is 1.77 bits per heavy atom. The van der Waals surface area contributed by atoms with E-state index < -0.39 is 15.6 Å². The number of phosphoric acid groups is 2. The summed E-state index contributed by atoms with van der Waals surface area (Å²) >= 11 is 0. The lowest BCUT2D eigenvalue weighted by Crippen LogP contribution is -1.94. The summed E-state index contributed by atoms with van der Waals surface area (Å²) in [7, 11) is -6.50. The highest BCUT2D eigenvalue weighted by atomic mass is 31.3. The predicted molar refractivity (Wildman–Crippen MR) is 43.8 cm³/mol. The second-order valence-electron chi connectivity index (χ2n) is 1.63. The zero-order chi connectivity index (χ0) is 10.5. The first-order valence-electron chi connectivity index (χ1n) is 2.94. The Balaban J connectivity index is 4.49. The van der Waals surface area contributed by atoms with Crippen LogP contribution in [0.15, 0.2) is 12.8 Å². The molecule has 0 saturated heterocycles. The van der Waals surface area contributed by atoms with Gasteiger partial charge in [0.05, 0.1) is 6.26 Å². The molecule has 0 radical (unpaired) electrons. The highest BCUT2D eigenvalue weighted by Crippen LogP contribution is 2.62. The van der Waals surface area contributed by atoms with Crippen molar-refractivity contribution in [3.8, 4) is 0 Å². The van der Waals surface area contributed by atoms with Gasteiger partial charge >= 0.3 is 15.6 Å². The van der Waals surface area contributed by atoms with Gasteiger partial charge in [-0.1, -0.05) is 6.58 Å². The maximum Gasteiger partial charge on any atom is 0.535 e. The van der Waals surface area contributed by atoms with Crippen LogP contribution in [-0.2, 0) is 27.0 Å². The van der Waals surface area contributed by atoms with Crippen LogP contribution in [0, 0.1) is 0 Å². The van der Waals surface area contributed by atoms with Crippen LogP contribution in [0.3, 0.4) is 0 Å². The zero-order valence-electron chi connectivity index (χ0n) is 7.08. The van der Waals surface area contributed by atoms with Crippen LogP contribution in [0.25, 0.3) is 0 Å². The van der Waals surface area contributed by atoms with Crippen LogP contribution >= 0.6 is 15.6 Å². The lowest BCUT2D eigenvalue weighted by Gasteiger charge is -2.15. The number of hydrogen-bond acceptors (Lipinski definition) is 6. The van der Waals surface area contributed by atoms with E-state index in [4.69, 9.17) is 4.89 Å². The van der Waals surface area contributed by atoms with E-state index in [1.54, 1.807) is 0 Å². The van der Waals surface area contributed by atoms with Crippen molar-refractivity contribution in [1.29, 1.82) is 0 Å². The van der Waals surface area contributed by atoms with E-state index in [-0.39, 0.29) is 0 Å². The van der Waals surface area contributed by atoms with Gasteiger partial charge in [0, 0.05) is 14.2 Å². The Bertz CT molecular complexity index is 253. The van der Waals surface area contributed by atoms with Crippen molar-refractivity contribution in [2.45, 2.75) is 0 Å². The summed E-state index contributed by atoms with van der Waals surface area (Å²) in [6, 6.07) is 0. The van der Waals surface area contributed by atoms with Gasteiger partial charge in [0.1, 0.15) is 0 Å². The topological polar surface area (TPSA) is 91.3 Å². The molecule has 0 aliphatic carbocycles. The summed E-state index contributed by atoms with van der Waals surface area (Å²) in [6.07, 6.45) is 0.677. The van der Waals surface area contributed by atoms with Crippen molar-refractivity contribution < 1.29 is 31.9 Å². The number of rotatable bonds is 6. The lowest BCUT2D eigenvalue weighted by molar-refractivity contribution is 0.178. The molecule has 0 aromatic carbocycles. The molecular formula is C4H10O7P2. The summed E-state index contributed by atoms with van der Waals surface area (Å²) in [5, 5.41) is 0. The van der Waals surface area contributed by atoms with Gasteiger partial charge in [-0.25, -0.2) is 9.13 Å². The summed E-state index contributed by atoms with van der Waals surface area (Å²) in [4.78, 5) is 8.82. The molecule has 0 spiro atoms. The first-order chi connectivity index (χ1) is 5.89. The normalized spacial score (nSPS) is 16.2. The van der Waals surface area contributed by atoms with Crippen LogP contribution in [0.1, 0.15) is 0 Å². The Hall–Kier alpha value is -0.160. The third kappa shape index (κ3) is 4.57. The SMILES string of the molecule is C=COP(=O)(O)OP(=O)(OC)OC. The molecule has 0 heterocycles. The van der Waals surface area contributed by atoms with Crippen LogP contribution in [0.2, 0.25) is 0 Å². The molecule has 0 amide bonds. The van der Waals surface area contributed by atoms with Gasteiger partial charge in [-0.2, -0.15) is 4.31 Å². The second kappa shape index (κ2) is 4.91. The Morgan fingerprint density at radius 1 is 1.31 bits per heavy atom. The Kier molecular flexibility index (Phi) is 4.85. The third-order valence-electron chi connectivity index (χ3n) is 0.858. The fraction of sp³-hybridized carbons (Fsp3) is 0.500. The van der Waals surface area contributed by atoms with Crippen molar-refractivity contribution in [3.05, 3.63) is 12.8 Å². The maximum atomic E-state index is 11.1. The quantitative estimate of drug-likeness (QED) is 0.549. The summed E-state index contributed by atoms with van der Waals surface area (Å²) in [5.41, 5.74) is 0. The number of phosphoric ester groups is 2. The molecule has 1 unspecified atom stereocenters. The van der Waals surface area contributed by atoms with Crippen molar-refractivity contribution >= 4 is 15.6 Å². The molecule has 0 saturated carbocycles. The van der Waals surface area contributed by atoms with Gasteiger partial charge in [0.25, 0.3) is 0 Å². The zero-order valence-corrected chi connectivity index (χ0v) is 8.86. The van der Waals surface area contributed by atoms with Crippen molar-refractivity contribution in [3.63, 3.8) is 0 Å². The smallest absolute Gasteiger partial charge is 0.412 e. The molecule has 0 rings (SSSR count). The van der Waals surface area contributed by atoms with E-state index in [2.05, 4.69) is 24.5 Å². The van der Waals surface area contributed by atoms with Crippen LogP contribution in [-0.4, -0.2) is 19.1 Å². The van der Waals surface area contributed by atoms with E-state index in [0.717, 1.165) is 14.2 Å². The molecule has 1 atom stereocenters. The van der Waals surface area contributed by atoms with E-state index in [1.807, 2.05) is 0 Å². The minimum Gasteiger partial charge on any atom is -0.412 e. The predicted octanol–water partition coefficient (Wildman–Crippen LogP) is 1.66. The van der Waals surface area contributed by atoms with Gasteiger partial charge in [-0.05, 0) is 0 Å². The fourth-order valence-electron chi connectivity index (χ4n) is 0.381. The molecular weight excluding hydrogens is 222 g/mol. The molecule has 78 valence electrons. The van der Waals surface area contributed by atoms with Crippen LogP contribution in [0.5, 0.6) is 0 Å². The van der Waals surface area contributed by atoms with Crippen LogP contribution < -0.4 is 0 Å². The van der Waals surface area contributed by atoms with Crippen molar-refractivity contribution in [2.75, 3.05) is 14.2 Å². The van der Waals surface area contributed by atoms with Gasteiger partial charge in [-0.15, -0.1) is 0 Å². The van der Waals surface area contributed by atoms with E-state index in [9.17, 15) is 9.13 Å². The highest BCUT2D eigenvalue weighted by Gasteiger charge is 2.36. The average molecular weight is 232 g/mol. The van der Waals surface area contributed by atoms with E-state index >= 15 is 0 Å². The molecule has 0 aromatic rings. The lowest BCUT2D eigenvalue weighted by atomic mass is 11.2. The monoisotopic (exact) mass is 232 g/mol. The van der Waals surface area contributed by atoms with E-state index in [1.165, 1.54) is 0 Å². The van der Waals surface area contributed by atoms with Gasteiger partial charge in [0.2, 0.25) is 0 Å². The van der Waals surface area contributed by atoms with Crippen molar-refractivity contribution in [1.82, 2.24) is 0 Å². The molecule has 0 aliphatic rings. The van der Waals surface area contributed by atoms with E-state index in [0.29, 0.717) is 6.26 Å². The Labute approximate surface area is 75.5 Å². The minimum absolute atomic E-state index is 0.677. The van der Waals surface area contributed by atoms with Gasteiger partial charge in [0.15, 0.2) is 0 Å². The molecule has 13 heavy (non-hydrogen) atoms. The standard InChI is InChI=1S/C4H10O7P2/c1-4-10-12(5,6)11-13(7,8-2)9-3/h4H,1H2,2-3H3,(H,5,6). The summed E-state index contributed by atoms with van der Waals surface area (Å²) in [5.74, 6) is 0. The molecule has 0 fully saturated rings. The average Bonchev–Trinajstić information content (AvgIpc) is 2.03. The molecule has 0 aliphatic heterocycles. The largest absolute Gasteiger partial charge is 0.535 e. The van der Waals surface area contributed by atoms with Crippen molar-refractivity contribution in [2.24, 2.45) is 0 Å². The first-order valence-corrected chi connectivity index (χ1v) is 5.89. The maximum absolute atomic E-state index is 11.1. The summed E-state index contributed by atoms with van der Waals surface area (Å²) in [6.45, 7) is 3.02. The molecule has 1 N–H and O–H groups in total. The number of hydrogen-bond donors (Lipinski definition) is 1. The third-order valence-corrected chi connectivity index (χ3v) is 3.79. The molecule has 0 bridgehead atoms.